The van der Waals surface area contributed by atoms with Crippen LogP contribution in [-0.4, -0.2) is 102 Å². The molecule has 13 heteroatoms. The summed E-state index contributed by atoms with van der Waals surface area (Å²) in [6.45, 7) is 7.81. The maximum absolute atomic E-state index is 17.0. The first-order valence-electron chi connectivity index (χ1n) is 16.9. The van der Waals surface area contributed by atoms with Crippen molar-refractivity contribution in [1.82, 2.24) is 19.9 Å². The van der Waals surface area contributed by atoms with E-state index in [9.17, 15) is 10.2 Å². The topological polar surface area (TPSA) is 113 Å². The number of ether oxygens (including phenoxy) is 3. The number of phenolic OH excluding ortho intramolecular Hbond substituents is 1. The normalized spacial score (nSPS) is 25.0. The van der Waals surface area contributed by atoms with Gasteiger partial charge < -0.3 is 34.2 Å². The molecule has 2 saturated heterocycles. The van der Waals surface area contributed by atoms with E-state index in [1.54, 1.807) is 17.9 Å². The number of aliphatic hydroxyl groups is 1. The first-order valence-corrected chi connectivity index (χ1v) is 16.9. The molecular formula is C36H42BF2N5O5. The number of halogens is 2. The predicted octanol–water partition coefficient (Wildman–Crippen LogP) is 5.34. The third kappa shape index (κ3) is 6.14. The number of methoxy groups -OCH3 is 1. The molecule has 1 saturated carbocycles. The summed E-state index contributed by atoms with van der Waals surface area (Å²) in [4.78, 5) is 18.2. The minimum absolute atomic E-state index is 0.00635. The molecule has 0 spiro atoms. The minimum atomic E-state index is -1.23. The van der Waals surface area contributed by atoms with Crippen LogP contribution >= 0.6 is 0 Å². The summed E-state index contributed by atoms with van der Waals surface area (Å²) in [6, 6.07) is 7.28. The van der Waals surface area contributed by atoms with E-state index in [-0.39, 0.29) is 82.2 Å². The molecule has 2 aromatic heterocycles. The number of piperidine rings is 1. The fourth-order valence-electron chi connectivity index (χ4n) is 8.25. The van der Waals surface area contributed by atoms with Gasteiger partial charge in [0.05, 0.1) is 41.3 Å². The average Bonchev–Trinajstić information content (AvgIpc) is 3.40. The Hall–Kier alpha value is -3.81. The molecule has 4 aromatic rings. The number of hydrogen-bond donors (Lipinski definition) is 2. The Bertz CT molecular complexity index is 1910. The molecule has 2 radical (unpaired) electrons. The Morgan fingerprint density at radius 2 is 1.90 bits per heavy atom. The molecule has 7 rings (SSSR count). The zero-order valence-electron chi connectivity index (χ0n) is 28.4. The second-order valence-electron chi connectivity index (χ2n) is 14.6. The van der Waals surface area contributed by atoms with E-state index < -0.39 is 22.7 Å². The number of fused-ring (bicyclic) bond motifs is 3. The van der Waals surface area contributed by atoms with Crippen LogP contribution in [0.3, 0.4) is 0 Å². The summed E-state index contributed by atoms with van der Waals surface area (Å²) in [5.74, 6) is -1.38. The predicted molar refractivity (Wildman–Crippen MR) is 183 cm³/mol. The van der Waals surface area contributed by atoms with Gasteiger partial charge >= 0.3 is 6.01 Å². The molecule has 258 valence electrons. The van der Waals surface area contributed by atoms with Gasteiger partial charge in [-0.2, -0.15) is 9.97 Å². The van der Waals surface area contributed by atoms with E-state index in [0.29, 0.717) is 18.5 Å². The van der Waals surface area contributed by atoms with E-state index in [1.807, 2.05) is 13.8 Å². The van der Waals surface area contributed by atoms with Gasteiger partial charge in [-0.25, -0.2) is 13.8 Å². The molecular weight excluding hydrogens is 631 g/mol. The van der Waals surface area contributed by atoms with E-state index >= 15 is 8.78 Å². The van der Waals surface area contributed by atoms with Crippen molar-refractivity contribution in [3.05, 3.63) is 42.0 Å². The Kier molecular flexibility index (Phi) is 8.60. The van der Waals surface area contributed by atoms with Gasteiger partial charge in [0.25, 0.3) is 0 Å². The Morgan fingerprint density at radius 1 is 1.10 bits per heavy atom. The summed E-state index contributed by atoms with van der Waals surface area (Å²) in [5.41, 5.74) is -2.25. The molecule has 3 unspecified atom stereocenters. The number of rotatable bonds is 7. The molecule has 3 fully saturated rings. The van der Waals surface area contributed by atoms with Crippen LogP contribution in [-0.2, 0) is 4.74 Å². The van der Waals surface area contributed by atoms with Crippen LogP contribution in [0.2, 0.25) is 0 Å². The summed E-state index contributed by atoms with van der Waals surface area (Å²) in [6.07, 6.45) is 4.95. The van der Waals surface area contributed by atoms with Gasteiger partial charge in [0.15, 0.2) is 5.82 Å². The lowest BCUT2D eigenvalue weighted by molar-refractivity contribution is -0.0260. The summed E-state index contributed by atoms with van der Waals surface area (Å²) >= 11 is 0. The Balaban J connectivity index is 1.40. The van der Waals surface area contributed by atoms with Gasteiger partial charge in [-0.3, -0.25) is 0 Å². The van der Waals surface area contributed by atoms with E-state index in [4.69, 9.17) is 27.0 Å². The summed E-state index contributed by atoms with van der Waals surface area (Å²) < 4.78 is 50.2. The Labute approximate surface area is 285 Å². The van der Waals surface area contributed by atoms with Gasteiger partial charge in [-0.05, 0) is 68.2 Å². The van der Waals surface area contributed by atoms with Gasteiger partial charge in [0.1, 0.15) is 39.6 Å². The van der Waals surface area contributed by atoms with E-state index in [2.05, 4.69) is 14.9 Å². The van der Waals surface area contributed by atoms with Crippen molar-refractivity contribution in [3.8, 4) is 28.9 Å². The fraction of sp³-hybridized carbons (Fsp3) is 0.528. The number of hydrogen-bond acceptors (Lipinski definition) is 10. The van der Waals surface area contributed by atoms with Crippen molar-refractivity contribution >= 4 is 35.3 Å². The standard InChI is InChI=1S/C36H42BF2N5O5/c1-34(2,37)44-13-7-12-36(11-6-10-25(36)44)20-49-33-41-30-27(31(42-33)43-14-15-48-19-35(3,46)18-43)32(47-4)40-29(28(30)39)23-17-22(45)16-21-8-5-9-24(38)26(21)23/h5,8-9,16-17,25,45-46H,6-7,10-15,18-20H2,1-4H3. The molecule has 3 aliphatic rings. The lowest BCUT2D eigenvalue weighted by Gasteiger charge is -2.52. The van der Waals surface area contributed by atoms with Crippen LogP contribution in [0.15, 0.2) is 30.3 Å². The molecule has 4 heterocycles. The molecule has 3 atom stereocenters. The molecule has 0 amide bonds. The van der Waals surface area contributed by atoms with Crippen LogP contribution in [0.4, 0.5) is 14.6 Å². The van der Waals surface area contributed by atoms with Gasteiger partial charge in [0.2, 0.25) is 5.88 Å². The maximum atomic E-state index is 17.0. The van der Waals surface area contributed by atoms with Crippen molar-refractivity contribution < 1.29 is 33.2 Å². The quantitative estimate of drug-likeness (QED) is 0.249. The van der Waals surface area contributed by atoms with Gasteiger partial charge in [0, 0.05) is 29.0 Å². The zero-order chi connectivity index (χ0) is 34.7. The molecule has 49 heavy (non-hydrogen) atoms. The minimum Gasteiger partial charge on any atom is -0.508 e. The number of β-amino-alcohol motifs (C(OH)–C–C–N with tert-alkyl or cyclic N) is 1. The second kappa shape index (κ2) is 12.5. The van der Waals surface area contributed by atoms with Crippen molar-refractivity contribution in [2.24, 2.45) is 5.41 Å². The average molecular weight is 674 g/mol. The smallest absolute Gasteiger partial charge is 0.319 e. The number of benzene rings is 2. The molecule has 10 nitrogen and oxygen atoms in total. The Morgan fingerprint density at radius 3 is 2.67 bits per heavy atom. The monoisotopic (exact) mass is 673 g/mol. The maximum Gasteiger partial charge on any atom is 0.319 e. The highest BCUT2D eigenvalue weighted by atomic mass is 19.1. The van der Waals surface area contributed by atoms with Gasteiger partial charge in [-0.1, -0.05) is 32.4 Å². The zero-order valence-corrected chi connectivity index (χ0v) is 28.4. The second-order valence-corrected chi connectivity index (χ2v) is 14.6. The largest absolute Gasteiger partial charge is 0.508 e. The number of phenols is 1. The van der Waals surface area contributed by atoms with Crippen molar-refractivity contribution in [2.45, 2.75) is 70.0 Å². The number of likely N-dealkylation sites (tertiary alicyclic amines) is 1. The lowest BCUT2D eigenvalue weighted by Crippen LogP contribution is -2.59. The van der Waals surface area contributed by atoms with Crippen molar-refractivity contribution in [3.63, 3.8) is 0 Å². The van der Waals surface area contributed by atoms with Crippen LogP contribution < -0.4 is 14.4 Å². The fourth-order valence-corrected chi connectivity index (χ4v) is 8.25. The number of pyridine rings is 1. The van der Waals surface area contributed by atoms with Crippen molar-refractivity contribution in [2.75, 3.05) is 51.5 Å². The third-order valence-electron chi connectivity index (χ3n) is 10.4. The lowest BCUT2D eigenvalue weighted by atomic mass is 9.70. The van der Waals surface area contributed by atoms with Crippen LogP contribution in [0, 0.1) is 17.0 Å². The van der Waals surface area contributed by atoms with Crippen molar-refractivity contribution in [1.29, 1.82) is 0 Å². The number of anilines is 1. The SMILES string of the molecule is [B]C(C)(C)N1CCCC2(COc3nc(N4CCOCC(C)(O)C4)c4c(OC)nc(-c5cc(O)cc6cccc(F)c56)c(F)c4n3)CCCC12. The number of aromatic hydroxyl groups is 1. The highest BCUT2D eigenvalue weighted by Crippen LogP contribution is 2.50. The summed E-state index contributed by atoms with van der Waals surface area (Å²) in [5, 5.41) is 22.3. The third-order valence-corrected chi connectivity index (χ3v) is 10.4. The first kappa shape index (κ1) is 33.7. The number of nitrogens with zero attached hydrogens (tertiary/aromatic N) is 5. The molecule has 2 aromatic carbocycles. The molecule has 1 aliphatic carbocycles. The summed E-state index contributed by atoms with van der Waals surface area (Å²) in [7, 11) is 8.01. The van der Waals surface area contributed by atoms with Crippen LogP contribution in [0.5, 0.6) is 17.6 Å². The van der Waals surface area contributed by atoms with Gasteiger partial charge in [-0.15, -0.1) is 0 Å². The van der Waals surface area contributed by atoms with E-state index in [0.717, 1.165) is 38.6 Å². The molecule has 2 N–H and O–H groups in total. The highest BCUT2D eigenvalue weighted by molar-refractivity contribution is 6.14. The van der Waals surface area contributed by atoms with Crippen LogP contribution in [0.1, 0.15) is 52.9 Å². The van der Waals surface area contributed by atoms with Crippen LogP contribution in [0.25, 0.3) is 32.9 Å². The molecule has 2 aliphatic heterocycles. The highest BCUT2D eigenvalue weighted by Gasteiger charge is 2.50. The molecule has 0 bridgehead atoms. The van der Waals surface area contributed by atoms with E-state index in [1.165, 1.54) is 31.4 Å². The number of aromatic nitrogens is 3. The first-order chi connectivity index (χ1) is 23.3.